The summed E-state index contributed by atoms with van der Waals surface area (Å²) in [5.41, 5.74) is 0.308. The molecule has 0 bridgehead atoms. The molecule has 0 radical (unpaired) electrons. The largest absolute Gasteiger partial charge is 0.481 e. The van der Waals surface area contributed by atoms with Gasteiger partial charge in [-0.1, -0.05) is 24.3 Å². The van der Waals surface area contributed by atoms with Gasteiger partial charge in [0.2, 0.25) is 0 Å². The summed E-state index contributed by atoms with van der Waals surface area (Å²) < 4.78 is 71.4. The van der Waals surface area contributed by atoms with Crippen molar-refractivity contribution in [2.75, 3.05) is 29.1 Å². The van der Waals surface area contributed by atoms with Crippen molar-refractivity contribution in [2.24, 2.45) is 0 Å². The molecule has 4 aromatic rings. The molecule has 47 heavy (non-hydrogen) atoms. The molecule has 1 aromatic heterocycles. The third kappa shape index (κ3) is 8.48. The van der Waals surface area contributed by atoms with Gasteiger partial charge in [-0.15, -0.1) is 0 Å². The normalized spacial score (nSPS) is 13.8. The average Bonchev–Trinajstić information content (AvgIpc) is 3.07. The van der Waals surface area contributed by atoms with Crippen LogP contribution in [0.3, 0.4) is 0 Å². The van der Waals surface area contributed by atoms with Crippen LogP contribution in [0.1, 0.15) is 58.3 Å². The highest BCUT2D eigenvalue weighted by molar-refractivity contribution is 7.98. The summed E-state index contributed by atoms with van der Waals surface area (Å²) >= 11 is 1.43. The number of hydrogen-bond donors (Lipinski definition) is 2. The van der Waals surface area contributed by atoms with Gasteiger partial charge in [-0.3, -0.25) is 14.6 Å². The summed E-state index contributed by atoms with van der Waals surface area (Å²) in [7, 11) is 0. The average molecular weight is 670 g/mol. The number of pyridine rings is 1. The Morgan fingerprint density at radius 2 is 1.57 bits per heavy atom. The number of hydrogen-bond acceptors (Lipinski definition) is 5. The molecule has 0 unspecified atom stereocenters. The van der Waals surface area contributed by atoms with E-state index in [-0.39, 0.29) is 12.1 Å². The molecule has 1 aliphatic heterocycles. The van der Waals surface area contributed by atoms with Crippen LogP contribution in [0.25, 0.3) is 11.3 Å². The predicted octanol–water partition coefficient (Wildman–Crippen LogP) is 8.86. The molecule has 0 spiro atoms. The van der Waals surface area contributed by atoms with Gasteiger partial charge in [-0.2, -0.15) is 33.7 Å². The fourth-order valence-electron chi connectivity index (χ4n) is 5.38. The highest BCUT2D eigenvalue weighted by atomic mass is 32.2. The Labute approximate surface area is 273 Å². The molecule has 246 valence electrons. The van der Waals surface area contributed by atoms with Crippen molar-refractivity contribution in [1.82, 2.24) is 4.98 Å². The zero-order valence-corrected chi connectivity index (χ0v) is 26.0. The quantitative estimate of drug-likeness (QED) is 0.123. The van der Waals surface area contributed by atoms with E-state index in [0.717, 1.165) is 73.9 Å². The van der Waals surface area contributed by atoms with Crippen molar-refractivity contribution in [2.45, 2.75) is 43.5 Å². The Bertz CT molecular complexity index is 1740. The van der Waals surface area contributed by atoms with E-state index in [1.165, 1.54) is 18.0 Å². The molecule has 0 atom stereocenters. The Morgan fingerprint density at radius 3 is 2.32 bits per heavy atom. The standard InChI is InChI=1S/C35H32F5N3O3S/c36-34(37,25-8-5-9-27(19-25)35(38,39)40)26-12-14-41-31(20-26)29-21-28(43-15-2-1-3-16-43)10-11-30(29)42-33(46)24-7-4-6-23(18-24)22-47-17-13-32(44)45/h4-12,14,18-21H,1-3,13,15-17,22H2,(H,42,46)(H,44,45). The molecule has 12 heteroatoms. The van der Waals surface area contributed by atoms with E-state index in [1.807, 2.05) is 12.1 Å². The van der Waals surface area contributed by atoms with Crippen LogP contribution in [0.15, 0.2) is 85.1 Å². The number of carboxylic acid groups (broad SMARTS) is 1. The molecule has 1 fully saturated rings. The molecular formula is C35H32F5N3O3S. The first-order valence-corrected chi connectivity index (χ1v) is 16.2. The van der Waals surface area contributed by atoms with Gasteiger partial charge in [-0.05, 0) is 79.4 Å². The number of carbonyl (C=O) groups excluding carboxylic acids is 1. The lowest BCUT2D eigenvalue weighted by atomic mass is 9.97. The van der Waals surface area contributed by atoms with E-state index >= 15 is 8.78 Å². The lowest BCUT2D eigenvalue weighted by Crippen LogP contribution is -2.29. The molecule has 1 aliphatic rings. The molecule has 0 saturated carbocycles. The van der Waals surface area contributed by atoms with Crippen molar-refractivity contribution in [3.63, 3.8) is 0 Å². The number of amides is 1. The monoisotopic (exact) mass is 669 g/mol. The Kier molecular flexibility index (Phi) is 10.5. The number of halogens is 5. The number of benzene rings is 3. The Balaban J connectivity index is 1.47. The number of aliphatic carboxylic acids is 1. The van der Waals surface area contributed by atoms with Gasteiger partial charge >= 0.3 is 12.1 Å². The lowest BCUT2D eigenvalue weighted by molar-refractivity contribution is -0.138. The number of rotatable bonds is 11. The van der Waals surface area contributed by atoms with Crippen LogP contribution in [-0.4, -0.2) is 40.8 Å². The Hall–Kier alpha value is -4.45. The van der Waals surface area contributed by atoms with Crippen LogP contribution in [0.4, 0.5) is 33.3 Å². The number of carboxylic acids is 1. The molecule has 2 heterocycles. The van der Waals surface area contributed by atoms with E-state index < -0.39 is 40.7 Å². The third-order valence-electron chi connectivity index (χ3n) is 7.84. The predicted molar refractivity (Wildman–Crippen MR) is 173 cm³/mol. The van der Waals surface area contributed by atoms with Crippen LogP contribution < -0.4 is 10.2 Å². The van der Waals surface area contributed by atoms with E-state index in [4.69, 9.17) is 5.11 Å². The highest BCUT2D eigenvalue weighted by Gasteiger charge is 2.38. The molecule has 3 aromatic carbocycles. The second kappa shape index (κ2) is 14.5. The maximum absolute atomic E-state index is 15.7. The maximum Gasteiger partial charge on any atom is 0.416 e. The van der Waals surface area contributed by atoms with Crippen LogP contribution in [-0.2, 0) is 22.6 Å². The molecule has 1 amide bonds. The van der Waals surface area contributed by atoms with Gasteiger partial charge in [-0.25, -0.2) is 0 Å². The van der Waals surface area contributed by atoms with Crippen molar-refractivity contribution in [3.05, 3.63) is 113 Å². The van der Waals surface area contributed by atoms with Gasteiger partial charge in [0.05, 0.1) is 23.4 Å². The lowest BCUT2D eigenvalue weighted by Gasteiger charge is -2.29. The minimum absolute atomic E-state index is 0.0299. The number of nitrogens with one attached hydrogen (secondary N) is 1. The van der Waals surface area contributed by atoms with Gasteiger partial charge in [0.15, 0.2) is 0 Å². The molecule has 5 rings (SSSR count). The number of aromatic nitrogens is 1. The van der Waals surface area contributed by atoms with Gasteiger partial charge < -0.3 is 15.3 Å². The van der Waals surface area contributed by atoms with Crippen LogP contribution in [0, 0.1) is 0 Å². The second-order valence-corrected chi connectivity index (χ2v) is 12.3. The van der Waals surface area contributed by atoms with E-state index in [0.29, 0.717) is 34.4 Å². The van der Waals surface area contributed by atoms with Gasteiger partial charge in [0.25, 0.3) is 11.8 Å². The smallest absolute Gasteiger partial charge is 0.416 e. The minimum atomic E-state index is -4.78. The van der Waals surface area contributed by atoms with Crippen molar-refractivity contribution >= 4 is 35.0 Å². The second-order valence-electron chi connectivity index (χ2n) is 11.2. The van der Waals surface area contributed by atoms with Gasteiger partial charge in [0.1, 0.15) is 0 Å². The number of nitrogens with zero attached hydrogens (tertiary/aromatic N) is 2. The fraction of sp³-hybridized carbons (Fsp3) is 0.286. The minimum Gasteiger partial charge on any atom is -0.481 e. The maximum atomic E-state index is 15.7. The van der Waals surface area contributed by atoms with E-state index in [2.05, 4.69) is 15.2 Å². The van der Waals surface area contributed by atoms with Crippen LogP contribution in [0.5, 0.6) is 0 Å². The Morgan fingerprint density at radius 1 is 0.851 bits per heavy atom. The molecular weight excluding hydrogens is 637 g/mol. The zero-order valence-electron chi connectivity index (χ0n) is 25.2. The van der Waals surface area contributed by atoms with E-state index in [1.54, 1.807) is 30.3 Å². The number of carbonyl (C=O) groups is 2. The van der Waals surface area contributed by atoms with Crippen LogP contribution in [0.2, 0.25) is 0 Å². The summed E-state index contributed by atoms with van der Waals surface area (Å²) in [6.07, 6.45) is -0.483. The molecule has 1 saturated heterocycles. The summed E-state index contributed by atoms with van der Waals surface area (Å²) in [6.45, 7) is 1.62. The number of alkyl halides is 5. The third-order valence-corrected chi connectivity index (χ3v) is 8.87. The highest BCUT2D eigenvalue weighted by Crippen LogP contribution is 2.41. The fourth-order valence-corrected chi connectivity index (χ4v) is 6.26. The van der Waals surface area contributed by atoms with Crippen molar-refractivity contribution in [1.29, 1.82) is 0 Å². The molecule has 6 nitrogen and oxygen atoms in total. The number of thioether (sulfide) groups is 1. The summed E-state index contributed by atoms with van der Waals surface area (Å²) in [6, 6.07) is 17.5. The number of anilines is 2. The summed E-state index contributed by atoms with van der Waals surface area (Å²) in [5.74, 6) is -4.15. The summed E-state index contributed by atoms with van der Waals surface area (Å²) in [5, 5.41) is 11.7. The summed E-state index contributed by atoms with van der Waals surface area (Å²) in [4.78, 5) is 30.8. The topological polar surface area (TPSA) is 82.5 Å². The first-order chi connectivity index (χ1) is 22.4. The molecule has 2 N–H and O–H groups in total. The molecule has 0 aliphatic carbocycles. The zero-order chi connectivity index (χ0) is 33.6. The first-order valence-electron chi connectivity index (χ1n) is 15.0. The van der Waals surface area contributed by atoms with Crippen molar-refractivity contribution < 1.29 is 36.6 Å². The van der Waals surface area contributed by atoms with Crippen molar-refractivity contribution in [3.8, 4) is 11.3 Å². The number of piperidine rings is 1. The first kappa shape index (κ1) is 33.9. The van der Waals surface area contributed by atoms with Crippen LogP contribution >= 0.6 is 11.8 Å². The van der Waals surface area contributed by atoms with E-state index in [9.17, 15) is 22.8 Å². The SMILES string of the molecule is O=C(O)CCSCc1cccc(C(=O)Nc2ccc(N3CCCCC3)cc2-c2cc(C(F)(F)c3cccc(C(F)(F)F)c3)ccn2)c1. The van der Waals surface area contributed by atoms with Gasteiger partial charge in [0, 0.05) is 58.7 Å².